The number of pyridine rings is 1. The van der Waals surface area contributed by atoms with E-state index >= 15 is 0 Å². The van der Waals surface area contributed by atoms with Crippen LogP contribution in [0.3, 0.4) is 0 Å². The molecule has 12 heteroatoms. The Morgan fingerprint density at radius 3 is 2.57 bits per heavy atom. The highest BCUT2D eigenvalue weighted by atomic mass is 19.1. The zero-order valence-electron chi connectivity index (χ0n) is 25.4. The van der Waals surface area contributed by atoms with Crippen molar-refractivity contribution in [1.29, 1.82) is 0 Å². The normalized spacial score (nSPS) is 17.8. The Labute approximate surface area is 255 Å². The van der Waals surface area contributed by atoms with Crippen LogP contribution in [-0.2, 0) is 9.59 Å². The van der Waals surface area contributed by atoms with Crippen LogP contribution in [0.4, 0.5) is 4.39 Å². The molecule has 11 nitrogen and oxygen atoms in total. The van der Waals surface area contributed by atoms with Gasteiger partial charge in [0.15, 0.2) is 18.1 Å². The summed E-state index contributed by atoms with van der Waals surface area (Å²) in [6, 6.07) is 9.72. The summed E-state index contributed by atoms with van der Waals surface area (Å²) in [5.41, 5.74) is 1.76. The Bertz CT molecular complexity index is 1540. The van der Waals surface area contributed by atoms with Crippen molar-refractivity contribution >= 4 is 34.5 Å². The first-order valence-electron chi connectivity index (χ1n) is 14.6. The minimum Gasteiger partial charge on any atom is -0.493 e. The van der Waals surface area contributed by atoms with Crippen LogP contribution in [0, 0.1) is 12.7 Å². The van der Waals surface area contributed by atoms with Gasteiger partial charge in [0.25, 0.3) is 17.7 Å². The van der Waals surface area contributed by atoms with Crippen LogP contribution in [0.1, 0.15) is 52.6 Å². The Morgan fingerprint density at radius 1 is 1.05 bits per heavy atom. The first-order valence-corrected chi connectivity index (χ1v) is 14.6. The maximum Gasteiger partial charge on any atom is 0.258 e. The maximum absolute atomic E-state index is 13.9. The fourth-order valence-corrected chi connectivity index (χ4v) is 5.08. The number of carbonyl (C=O) groups is 4. The topological polar surface area (TPSA) is 130 Å². The van der Waals surface area contributed by atoms with Crippen LogP contribution in [0.2, 0.25) is 0 Å². The Balaban J connectivity index is 1.56. The number of nitrogens with one attached hydrogen (secondary N) is 2. The van der Waals surface area contributed by atoms with E-state index in [-0.39, 0.29) is 35.8 Å². The number of aryl methyl sites for hydroxylation is 1. The number of ether oxygens (including phenoxy) is 2. The molecule has 5 rings (SSSR count). The van der Waals surface area contributed by atoms with Crippen LogP contribution in [0.25, 0.3) is 10.9 Å². The van der Waals surface area contributed by atoms with E-state index in [0.29, 0.717) is 73.2 Å². The van der Waals surface area contributed by atoms with Crippen molar-refractivity contribution < 1.29 is 33.0 Å². The number of fused-ring (bicyclic) bond motifs is 19. The van der Waals surface area contributed by atoms with Gasteiger partial charge in [0.2, 0.25) is 5.91 Å². The number of likely N-dealkylation sites (N-methyl/N-ethyl adjacent to an activating group) is 1. The van der Waals surface area contributed by atoms with E-state index in [1.807, 2.05) is 0 Å². The van der Waals surface area contributed by atoms with Crippen LogP contribution >= 0.6 is 0 Å². The van der Waals surface area contributed by atoms with E-state index < -0.39 is 17.8 Å². The molecular weight excluding hydrogens is 569 g/mol. The van der Waals surface area contributed by atoms with E-state index in [2.05, 4.69) is 15.6 Å². The smallest absolute Gasteiger partial charge is 0.258 e. The summed E-state index contributed by atoms with van der Waals surface area (Å²) in [6.45, 7) is 4.51. The number of methoxy groups -OCH3 is 1. The summed E-state index contributed by atoms with van der Waals surface area (Å²) < 4.78 is 24.9. The van der Waals surface area contributed by atoms with Gasteiger partial charge in [-0.3, -0.25) is 24.2 Å². The molecule has 2 N–H and O–H groups in total. The molecule has 3 aromatic rings. The van der Waals surface area contributed by atoms with E-state index in [9.17, 15) is 23.6 Å². The molecule has 0 unspecified atom stereocenters. The van der Waals surface area contributed by atoms with E-state index in [0.717, 1.165) is 0 Å². The number of amides is 4. The zero-order valence-corrected chi connectivity index (χ0v) is 25.4. The molecule has 2 aromatic carbocycles. The molecule has 2 aliphatic rings. The molecule has 44 heavy (non-hydrogen) atoms. The summed E-state index contributed by atoms with van der Waals surface area (Å²) >= 11 is 0. The summed E-state index contributed by atoms with van der Waals surface area (Å²) in [7, 11) is 3.09. The van der Waals surface area contributed by atoms with Crippen molar-refractivity contribution in [2.45, 2.75) is 39.2 Å². The summed E-state index contributed by atoms with van der Waals surface area (Å²) in [4.78, 5) is 59.8. The quantitative estimate of drug-likeness (QED) is 0.429. The van der Waals surface area contributed by atoms with Crippen molar-refractivity contribution in [2.24, 2.45) is 0 Å². The average Bonchev–Trinajstić information content (AvgIpc) is 3.00. The van der Waals surface area contributed by atoms with Gasteiger partial charge in [0, 0.05) is 55.9 Å². The second-order valence-electron chi connectivity index (χ2n) is 10.8. The fraction of sp³-hybridized carbons (Fsp3) is 0.406. The van der Waals surface area contributed by atoms with E-state index in [1.54, 1.807) is 55.0 Å². The fourth-order valence-electron chi connectivity index (χ4n) is 5.08. The molecule has 0 spiro atoms. The predicted molar refractivity (Wildman–Crippen MR) is 162 cm³/mol. The first-order chi connectivity index (χ1) is 21.1. The second-order valence-corrected chi connectivity index (χ2v) is 10.8. The van der Waals surface area contributed by atoms with Crippen molar-refractivity contribution in [3.05, 3.63) is 65.1 Å². The number of benzene rings is 2. The molecule has 0 aliphatic carbocycles. The van der Waals surface area contributed by atoms with Crippen LogP contribution in [-0.4, -0.2) is 91.4 Å². The van der Waals surface area contributed by atoms with Crippen molar-refractivity contribution in [1.82, 2.24) is 25.4 Å². The van der Waals surface area contributed by atoms with Gasteiger partial charge in [-0.15, -0.1) is 0 Å². The molecule has 0 saturated heterocycles. The maximum atomic E-state index is 13.9. The second kappa shape index (κ2) is 14.6. The van der Waals surface area contributed by atoms with Gasteiger partial charge in [0.05, 0.1) is 18.2 Å². The van der Waals surface area contributed by atoms with E-state index in [1.165, 1.54) is 25.3 Å². The number of aromatic nitrogens is 1. The molecule has 234 valence electrons. The van der Waals surface area contributed by atoms with E-state index in [4.69, 9.17) is 9.47 Å². The lowest BCUT2D eigenvalue weighted by Crippen LogP contribution is -2.47. The van der Waals surface area contributed by atoms with Crippen molar-refractivity contribution in [3.63, 3.8) is 0 Å². The van der Waals surface area contributed by atoms with Gasteiger partial charge in [-0.05, 0) is 69.5 Å². The van der Waals surface area contributed by atoms with Crippen molar-refractivity contribution in [3.8, 4) is 11.5 Å². The predicted octanol–water partition coefficient (Wildman–Crippen LogP) is 3.09. The monoisotopic (exact) mass is 607 g/mol. The molecule has 0 fully saturated rings. The van der Waals surface area contributed by atoms with Gasteiger partial charge in [0.1, 0.15) is 11.9 Å². The van der Waals surface area contributed by atoms with Gasteiger partial charge < -0.3 is 29.9 Å². The number of halogens is 1. The summed E-state index contributed by atoms with van der Waals surface area (Å²) in [6.07, 6.45) is 1.70. The number of hydrogen-bond donors (Lipinski definition) is 2. The van der Waals surface area contributed by atoms with Gasteiger partial charge in [-0.2, -0.15) is 0 Å². The number of carbonyl (C=O) groups excluding carboxylic acids is 4. The molecule has 3 heterocycles. The minimum absolute atomic E-state index is 0.224. The SMILES string of the molecule is COc1cc2ccc1OCC(=O)N[C@@H](C)C(=O)N(C)CCCCN(C(=O)c1cc(C)nc3cc(F)ccc13)CCCNC2=O. The molecule has 0 saturated carbocycles. The largest absolute Gasteiger partial charge is 0.493 e. The molecule has 0 radical (unpaired) electrons. The number of rotatable bonds is 2. The third kappa shape index (κ3) is 8.00. The lowest BCUT2D eigenvalue weighted by atomic mass is 10.1. The number of nitrogens with zero attached hydrogens (tertiary/aromatic N) is 3. The number of hydrogen-bond acceptors (Lipinski definition) is 7. The summed E-state index contributed by atoms with van der Waals surface area (Å²) in [5, 5.41) is 6.08. The Morgan fingerprint density at radius 2 is 1.80 bits per heavy atom. The Kier molecular flexibility index (Phi) is 10.7. The molecule has 2 aliphatic heterocycles. The third-order valence-corrected chi connectivity index (χ3v) is 7.39. The minimum atomic E-state index is -0.774. The third-order valence-electron chi connectivity index (χ3n) is 7.39. The highest BCUT2D eigenvalue weighted by Gasteiger charge is 2.22. The van der Waals surface area contributed by atoms with Gasteiger partial charge in [-0.1, -0.05) is 0 Å². The molecule has 1 atom stereocenters. The highest BCUT2D eigenvalue weighted by Crippen LogP contribution is 2.28. The molecular formula is C32H38FN5O6. The highest BCUT2D eigenvalue weighted by molar-refractivity contribution is 6.06. The van der Waals surface area contributed by atoms with Crippen LogP contribution < -0.4 is 20.1 Å². The molecule has 4 amide bonds. The van der Waals surface area contributed by atoms with Crippen molar-refractivity contribution in [2.75, 3.05) is 46.9 Å². The van der Waals surface area contributed by atoms with Crippen LogP contribution in [0.15, 0.2) is 42.5 Å². The average molecular weight is 608 g/mol. The standard InChI is InChI=1S/C32H38FN5O6/c1-20-16-25(24-10-9-23(33)18-26(24)35-20)32(42)38-14-6-5-13-37(3)31(41)21(2)36-29(39)19-44-27-11-8-22(17-28(27)43-4)30(40)34-12-7-15-38/h8-11,16-18,21H,5-7,12-15,19H2,1-4H3,(H,34,40)(H,36,39)/t21-/m0/s1. The lowest BCUT2D eigenvalue weighted by Gasteiger charge is -2.25. The van der Waals surface area contributed by atoms with Gasteiger partial charge in [-0.25, -0.2) is 4.39 Å². The van der Waals surface area contributed by atoms with Gasteiger partial charge >= 0.3 is 0 Å². The molecule has 1 aromatic heterocycles. The first kappa shape index (κ1) is 32.2. The van der Waals surface area contributed by atoms with Crippen LogP contribution in [0.5, 0.6) is 11.5 Å². The Hall–Kier alpha value is -4.74. The lowest BCUT2D eigenvalue weighted by molar-refractivity contribution is -0.135. The summed E-state index contributed by atoms with van der Waals surface area (Å²) in [5.74, 6) is -1.17. The zero-order chi connectivity index (χ0) is 31.8. The molecule has 2 bridgehead atoms.